The number of hydrogen-bond acceptors (Lipinski definition) is 21. The highest BCUT2D eigenvalue weighted by Crippen LogP contribution is 2.76. The van der Waals surface area contributed by atoms with Gasteiger partial charge in [0.25, 0.3) is 5.91 Å². The number of epoxide rings is 1. The summed E-state index contributed by atoms with van der Waals surface area (Å²) in [6.45, 7) is 13.6. The van der Waals surface area contributed by atoms with Crippen LogP contribution < -0.4 is 24.8 Å². The fourth-order valence-electron chi connectivity index (χ4n) is 17.4. The first kappa shape index (κ1) is 59.5. The molecular formula is C62H64F2N2O21. The highest BCUT2D eigenvalue weighted by molar-refractivity contribution is 6.02. The summed E-state index contributed by atoms with van der Waals surface area (Å²) in [4.78, 5) is 120. The van der Waals surface area contributed by atoms with E-state index in [0.717, 1.165) is 38.1 Å². The molecule has 4 heterocycles. The minimum absolute atomic E-state index is 0.0123. The molecule has 1 spiro atoms. The van der Waals surface area contributed by atoms with Crippen molar-refractivity contribution in [3.05, 3.63) is 93.8 Å². The minimum atomic E-state index is -2.20. The number of carbonyl (C=O) groups excluding carboxylic acids is 9. The normalized spacial score (nSPS) is 37.1. The lowest BCUT2D eigenvalue weighted by Crippen LogP contribution is -2.77. The Labute approximate surface area is 495 Å². The largest absolute Gasteiger partial charge is 0.459 e. The second-order valence-corrected chi connectivity index (χ2v) is 25.3. The molecule has 3 aromatic rings. The second-order valence-electron chi connectivity index (χ2n) is 25.3. The van der Waals surface area contributed by atoms with Gasteiger partial charge in [-0.3, -0.25) is 33.6 Å². The molecule has 9 aliphatic rings. The number of fused-ring (bicyclic) bond motifs is 16. The molecule has 2 amide bonds. The molecule has 0 radical (unpaired) electrons. The van der Waals surface area contributed by atoms with E-state index in [4.69, 9.17) is 42.6 Å². The van der Waals surface area contributed by atoms with Crippen LogP contribution in [0, 0.1) is 69.3 Å². The molecule has 3 aromatic carbocycles. The Bertz CT molecular complexity index is 3550. The van der Waals surface area contributed by atoms with Gasteiger partial charge in [0.2, 0.25) is 5.91 Å². The molecule has 0 aromatic heterocycles. The second kappa shape index (κ2) is 20.1. The van der Waals surface area contributed by atoms with Gasteiger partial charge in [0.05, 0.1) is 46.5 Å². The zero-order valence-electron chi connectivity index (χ0n) is 48.8. The first-order valence-electron chi connectivity index (χ1n) is 28.7. The maximum Gasteiger partial charge on any atom is 0.343 e. The van der Waals surface area contributed by atoms with Crippen LogP contribution >= 0.6 is 0 Å². The minimum Gasteiger partial charge on any atom is -0.459 e. The number of esters is 7. The standard InChI is InChI=1S/C62H64F2N2O21/c1-22-15-41-60(9,61(10,78)57(77)86-41)47-44(22)59(8)45(50(47)74)43-46(52(81-25(4)69)54(59)83-27(6)71)58(7)33(19-40-51(85-40)53(58)82-26(5)70)48(49(43)73)66-42(72)13-14-65-55(75)28-11-12-30-29(16-28)56(76)87-62(30)31-17-34(63)38(79-23(2)67)20-36(31)84-37-21-39(80-24(3)68)35(64)18-32(37)62/h11-12,15-18,20-22,33,40,43-54,73-74,78H,13-14,19H2,1-10H3,(H,65,75)(H,66,72)/t22-,33-,40+,43+,44+,45-,46-,47+,48+,49-,50-,51+,52+,53+,54+,58+,59-,60+,61-/m1/s1. The van der Waals surface area contributed by atoms with Crippen LogP contribution in [0.1, 0.15) is 119 Å². The summed E-state index contributed by atoms with van der Waals surface area (Å²) in [5, 5.41) is 44.4. The van der Waals surface area contributed by atoms with E-state index < -0.39 is 201 Å². The van der Waals surface area contributed by atoms with E-state index in [2.05, 4.69) is 10.6 Å². The number of hydrogen-bond donors (Lipinski definition) is 5. The number of allylic oxidation sites excluding steroid dienone is 1. The number of ether oxygens (including phenoxy) is 9. The van der Waals surface area contributed by atoms with E-state index in [-0.39, 0.29) is 58.0 Å². The average molecular weight is 1210 g/mol. The number of carbonyl (C=O) groups is 9. The molecule has 5 aliphatic carbocycles. The van der Waals surface area contributed by atoms with Crippen LogP contribution in [-0.2, 0) is 67.6 Å². The van der Waals surface area contributed by atoms with Crippen molar-refractivity contribution in [3.8, 4) is 23.0 Å². The van der Waals surface area contributed by atoms with E-state index in [0.29, 0.717) is 0 Å². The molecule has 2 saturated heterocycles. The molecule has 19 atom stereocenters. The Balaban J connectivity index is 0.863. The van der Waals surface area contributed by atoms with Crippen molar-refractivity contribution >= 4 is 53.6 Å². The van der Waals surface area contributed by atoms with Crippen LogP contribution in [0.25, 0.3) is 0 Å². The summed E-state index contributed by atoms with van der Waals surface area (Å²) in [6, 6.07) is 6.44. The lowest BCUT2D eigenvalue weighted by Gasteiger charge is -2.67. The van der Waals surface area contributed by atoms with E-state index in [9.17, 15) is 58.5 Å². The molecular weight excluding hydrogens is 1150 g/mol. The predicted octanol–water partition coefficient (Wildman–Crippen LogP) is 4.27. The van der Waals surface area contributed by atoms with Gasteiger partial charge in [-0.15, -0.1) is 0 Å². The zero-order chi connectivity index (χ0) is 62.8. The Morgan fingerprint density at radius 1 is 0.701 bits per heavy atom. The molecule has 6 fully saturated rings. The van der Waals surface area contributed by atoms with Gasteiger partial charge in [0, 0.05) is 99.4 Å². The van der Waals surface area contributed by atoms with Gasteiger partial charge in [0.15, 0.2) is 34.3 Å². The van der Waals surface area contributed by atoms with Crippen molar-refractivity contribution in [2.45, 2.75) is 142 Å². The number of halogens is 2. The molecule has 4 aliphatic heterocycles. The van der Waals surface area contributed by atoms with Gasteiger partial charge in [-0.2, -0.15) is 0 Å². The smallest absolute Gasteiger partial charge is 0.343 e. The van der Waals surface area contributed by atoms with Crippen molar-refractivity contribution < 1.29 is 110 Å². The molecule has 23 nitrogen and oxygen atoms in total. The van der Waals surface area contributed by atoms with Gasteiger partial charge in [0.1, 0.15) is 41.7 Å². The van der Waals surface area contributed by atoms with E-state index in [1.165, 1.54) is 45.9 Å². The van der Waals surface area contributed by atoms with Crippen LogP contribution in [-0.4, -0.2) is 130 Å². The topological polar surface area (TPSA) is 325 Å². The first-order valence-corrected chi connectivity index (χ1v) is 28.7. The van der Waals surface area contributed by atoms with Gasteiger partial charge in [-0.05, 0) is 74.3 Å². The summed E-state index contributed by atoms with van der Waals surface area (Å²) in [6.07, 6.45) is -6.78. The Kier molecular flexibility index (Phi) is 13.7. The highest BCUT2D eigenvalue weighted by atomic mass is 19.1. The van der Waals surface area contributed by atoms with E-state index in [1.54, 1.807) is 26.8 Å². The number of amides is 2. The fourth-order valence-corrected chi connectivity index (χ4v) is 17.4. The van der Waals surface area contributed by atoms with Gasteiger partial charge < -0.3 is 68.6 Å². The summed E-state index contributed by atoms with van der Waals surface area (Å²) >= 11 is 0. The van der Waals surface area contributed by atoms with Crippen molar-refractivity contribution in [3.63, 3.8) is 0 Å². The van der Waals surface area contributed by atoms with Crippen molar-refractivity contribution in [2.75, 3.05) is 6.54 Å². The lowest BCUT2D eigenvalue weighted by atomic mass is 9.40. The zero-order valence-corrected chi connectivity index (χ0v) is 48.8. The van der Waals surface area contributed by atoms with Gasteiger partial charge in [-0.1, -0.05) is 26.8 Å². The SMILES string of the molecule is CC(=O)Oc1cc2c(cc1F)C1(OC(=O)c3cc(C(=O)NCCC(=O)N[C@@H]4[C@H](O)[C@H]5[C@@H]6[C@@H](O)[C@@H]7[C@H]([C@H](C)C=C8OC(=O)[C@@](C)(O)[C@@]87C)[C@@]6(C)[C@@H](OC(C)=O)[C@@H](OC(C)=O)[C@@H]5[C@]5(C)[C@@H]4C[C@@H]4O[C@@H]4[C@@H]5OC(C)=O)ccc31)c1cc(F)c(OC(C)=O)cc1O2. The lowest BCUT2D eigenvalue weighted by molar-refractivity contribution is -0.285. The van der Waals surface area contributed by atoms with Crippen LogP contribution in [0.4, 0.5) is 8.78 Å². The van der Waals surface area contributed by atoms with E-state index >= 15 is 8.78 Å². The molecule has 0 unspecified atom stereocenters. The number of rotatable bonds is 10. The van der Waals surface area contributed by atoms with Crippen LogP contribution in [0.15, 0.2) is 54.3 Å². The maximum absolute atomic E-state index is 15.8. The number of aliphatic hydroxyl groups is 3. The van der Waals surface area contributed by atoms with Crippen molar-refractivity contribution in [1.82, 2.24) is 10.6 Å². The third-order valence-electron chi connectivity index (χ3n) is 20.7. The molecule has 0 bridgehead atoms. The highest BCUT2D eigenvalue weighted by Gasteiger charge is 2.83. The van der Waals surface area contributed by atoms with Crippen LogP contribution in [0.2, 0.25) is 0 Å². The van der Waals surface area contributed by atoms with E-state index in [1.807, 2.05) is 6.92 Å². The number of benzene rings is 3. The molecule has 12 rings (SSSR count). The summed E-state index contributed by atoms with van der Waals surface area (Å²) in [5.41, 5.74) is -9.43. The number of nitrogens with one attached hydrogen (secondary N) is 2. The predicted molar refractivity (Wildman–Crippen MR) is 287 cm³/mol. The Morgan fingerprint density at radius 3 is 1.89 bits per heavy atom. The monoisotopic (exact) mass is 1210 g/mol. The first-order chi connectivity index (χ1) is 40.8. The van der Waals surface area contributed by atoms with Gasteiger partial charge in [-0.25, -0.2) is 18.4 Å². The molecule has 87 heavy (non-hydrogen) atoms. The Morgan fingerprint density at radius 2 is 1.30 bits per heavy atom. The third-order valence-corrected chi connectivity index (χ3v) is 20.7. The fraction of sp³-hybridized carbons (Fsp3) is 0.532. The third kappa shape index (κ3) is 8.48. The average Bonchev–Trinajstić information content (AvgIpc) is 1.55. The molecule has 4 saturated carbocycles. The van der Waals surface area contributed by atoms with Crippen molar-refractivity contribution in [2.24, 2.45) is 57.7 Å². The van der Waals surface area contributed by atoms with Crippen molar-refractivity contribution in [1.29, 1.82) is 0 Å². The molecule has 462 valence electrons. The Hall–Kier alpha value is -7.87. The number of aliphatic hydroxyl groups excluding tert-OH is 2. The summed E-state index contributed by atoms with van der Waals surface area (Å²) in [5.74, 6) is -17.6. The van der Waals surface area contributed by atoms with Crippen LogP contribution in [0.3, 0.4) is 0 Å². The quantitative estimate of drug-likeness (QED) is 0.0819. The summed E-state index contributed by atoms with van der Waals surface area (Å²) < 4.78 is 84.5. The molecule has 5 N–H and O–H groups in total. The maximum atomic E-state index is 15.8. The summed E-state index contributed by atoms with van der Waals surface area (Å²) in [7, 11) is 0. The van der Waals surface area contributed by atoms with Crippen LogP contribution in [0.5, 0.6) is 23.0 Å². The molecule has 25 heteroatoms. The van der Waals surface area contributed by atoms with Gasteiger partial charge >= 0.3 is 41.8 Å².